The van der Waals surface area contributed by atoms with E-state index in [1.807, 2.05) is 72.9 Å². The third kappa shape index (κ3) is 3.77. The molecule has 2 heterocycles. The number of aromatic amines is 1. The van der Waals surface area contributed by atoms with Crippen LogP contribution in [0.2, 0.25) is 0 Å². The highest BCUT2D eigenvalue weighted by atomic mass is 32.2. The number of para-hydroxylation sites is 1. The Morgan fingerprint density at radius 3 is 2.70 bits per heavy atom. The molecule has 3 aromatic carbocycles. The van der Waals surface area contributed by atoms with Crippen molar-refractivity contribution >= 4 is 33.4 Å². The molecule has 7 heteroatoms. The average Bonchev–Trinajstić information content (AvgIpc) is 3.43. The number of nitrogens with zero attached hydrogens (tertiary/aromatic N) is 2. The van der Waals surface area contributed by atoms with E-state index in [1.165, 1.54) is 11.8 Å². The third-order valence-electron chi connectivity index (χ3n) is 4.81. The number of thioether (sulfide) groups is 1. The van der Waals surface area contributed by atoms with Crippen molar-refractivity contribution < 1.29 is 14.3 Å². The van der Waals surface area contributed by atoms with E-state index in [0.717, 1.165) is 33.0 Å². The first kappa shape index (κ1) is 18.7. The second-order valence-corrected chi connectivity index (χ2v) is 7.85. The van der Waals surface area contributed by atoms with Gasteiger partial charge in [-0.25, -0.2) is 0 Å². The van der Waals surface area contributed by atoms with Crippen molar-refractivity contribution in [1.82, 2.24) is 15.2 Å². The molecule has 1 atom stereocenters. The molecule has 6 nitrogen and oxygen atoms in total. The molecule has 30 heavy (non-hydrogen) atoms. The van der Waals surface area contributed by atoms with E-state index in [9.17, 15) is 5.11 Å². The number of aliphatic hydroxyl groups excluding tert-OH is 1. The lowest BCUT2D eigenvalue weighted by Crippen LogP contribution is -2.20. The standard InChI is InChI=1S/C23H19N3O3S/c27-16(13-28-21-11-5-7-15-6-1-2-8-17(15)21)14-30-23-26-25-22(29-23)19-12-24-20-10-4-3-9-18(19)20/h1-12,16,24,27H,13-14H2/t16-/m1/s1. The molecular weight excluding hydrogens is 398 g/mol. The van der Waals surface area contributed by atoms with E-state index < -0.39 is 6.10 Å². The number of aliphatic hydroxyl groups is 1. The smallest absolute Gasteiger partial charge is 0.276 e. The van der Waals surface area contributed by atoms with Crippen LogP contribution < -0.4 is 4.74 Å². The molecule has 0 aliphatic carbocycles. The summed E-state index contributed by atoms with van der Waals surface area (Å²) in [6, 6.07) is 21.9. The van der Waals surface area contributed by atoms with Crippen LogP contribution in [0.4, 0.5) is 0 Å². The first-order chi connectivity index (χ1) is 14.8. The van der Waals surface area contributed by atoms with E-state index in [1.54, 1.807) is 0 Å². The molecule has 150 valence electrons. The van der Waals surface area contributed by atoms with Crippen molar-refractivity contribution in [2.24, 2.45) is 0 Å². The van der Waals surface area contributed by atoms with Gasteiger partial charge < -0.3 is 19.2 Å². The molecule has 0 saturated carbocycles. The normalized spacial score (nSPS) is 12.4. The zero-order valence-corrected chi connectivity index (χ0v) is 16.8. The molecule has 0 spiro atoms. The van der Waals surface area contributed by atoms with Gasteiger partial charge in [-0.1, -0.05) is 66.4 Å². The maximum absolute atomic E-state index is 10.3. The van der Waals surface area contributed by atoms with Gasteiger partial charge in [0.15, 0.2) is 0 Å². The quantitative estimate of drug-likeness (QED) is 0.366. The lowest BCUT2D eigenvalue weighted by molar-refractivity contribution is 0.127. The van der Waals surface area contributed by atoms with Crippen molar-refractivity contribution in [2.75, 3.05) is 12.4 Å². The second kappa shape index (κ2) is 8.22. The zero-order chi connectivity index (χ0) is 20.3. The Labute approximate surface area is 176 Å². The number of aromatic nitrogens is 3. The van der Waals surface area contributed by atoms with Crippen LogP contribution >= 0.6 is 11.8 Å². The Morgan fingerprint density at radius 1 is 0.967 bits per heavy atom. The summed E-state index contributed by atoms with van der Waals surface area (Å²) in [5, 5.41) is 22.1. The summed E-state index contributed by atoms with van der Waals surface area (Å²) in [6.07, 6.45) is 1.19. The Balaban J connectivity index is 1.20. The number of nitrogens with one attached hydrogen (secondary N) is 1. The molecule has 2 aromatic heterocycles. The van der Waals surface area contributed by atoms with Gasteiger partial charge in [-0.2, -0.15) is 0 Å². The highest BCUT2D eigenvalue weighted by Gasteiger charge is 2.15. The van der Waals surface area contributed by atoms with Crippen LogP contribution in [0.1, 0.15) is 0 Å². The monoisotopic (exact) mass is 417 g/mol. The van der Waals surface area contributed by atoms with Crippen LogP contribution in [0, 0.1) is 0 Å². The number of ether oxygens (including phenoxy) is 1. The van der Waals surface area contributed by atoms with Gasteiger partial charge in [0, 0.05) is 28.2 Å². The van der Waals surface area contributed by atoms with Gasteiger partial charge in [0.2, 0.25) is 0 Å². The van der Waals surface area contributed by atoms with Crippen LogP contribution in [-0.4, -0.2) is 38.8 Å². The molecule has 0 saturated heterocycles. The molecule has 5 rings (SSSR count). The van der Waals surface area contributed by atoms with Crippen LogP contribution in [0.5, 0.6) is 5.75 Å². The predicted octanol–water partition coefficient (Wildman–Crippen LogP) is 4.90. The third-order valence-corrected chi connectivity index (χ3v) is 5.77. The minimum absolute atomic E-state index is 0.185. The molecule has 0 aliphatic rings. The molecular formula is C23H19N3O3S. The summed E-state index contributed by atoms with van der Waals surface area (Å²) in [7, 11) is 0. The zero-order valence-electron chi connectivity index (χ0n) is 16.0. The SMILES string of the molecule is O[C@H](COc1cccc2ccccc12)CSc1nnc(-c2c[nH]c3ccccc23)o1. The first-order valence-corrected chi connectivity index (χ1v) is 10.6. The highest BCUT2D eigenvalue weighted by molar-refractivity contribution is 7.99. The minimum Gasteiger partial charge on any atom is -0.490 e. The fraction of sp³-hybridized carbons (Fsp3) is 0.130. The van der Waals surface area contributed by atoms with Crippen molar-refractivity contribution in [1.29, 1.82) is 0 Å². The summed E-state index contributed by atoms with van der Waals surface area (Å²) in [5.74, 6) is 1.60. The van der Waals surface area contributed by atoms with Gasteiger partial charge in [-0.15, -0.1) is 10.2 Å². The number of hydrogen-bond acceptors (Lipinski definition) is 6. The molecule has 0 aliphatic heterocycles. The molecule has 0 fully saturated rings. The van der Waals surface area contributed by atoms with Crippen molar-refractivity contribution in [3.05, 3.63) is 72.9 Å². The fourth-order valence-corrected chi connectivity index (χ4v) is 4.02. The summed E-state index contributed by atoms with van der Waals surface area (Å²) in [4.78, 5) is 3.20. The van der Waals surface area contributed by atoms with E-state index in [2.05, 4.69) is 15.2 Å². The van der Waals surface area contributed by atoms with E-state index >= 15 is 0 Å². The Kier molecular flexibility index (Phi) is 5.13. The number of fused-ring (bicyclic) bond motifs is 2. The number of hydrogen-bond donors (Lipinski definition) is 2. The van der Waals surface area contributed by atoms with Crippen molar-refractivity contribution in [3.63, 3.8) is 0 Å². The van der Waals surface area contributed by atoms with E-state index in [0.29, 0.717) is 16.9 Å². The molecule has 0 unspecified atom stereocenters. The molecule has 0 radical (unpaired) electrons. The average molecular weight is 417 g/mol. The minimum atomic E-state index is -0.669. The first-order valence-electron chi connectivity index (χ1n) is 9.59. The highest BCUT2D eigenvalue weighted by Crippen LogP contribution is 2.30. The molecule has 5 aromatic rings. The molecule has 0 bridgehead atoms. The Morgan fingerprint density at radius 2 is 1.77 bits per heavy atom. The van der Waals surface area contributed by atoms with Crippen molar-refractivity contribution in [2.45, 2.75) is 11.3 Å². The number of H-pyrrole nitrogens is 1. The van der Waals surface area contributed by atoms with Crippen LogP contribution in [0.25, 0.3) is 33.1 Å². The Bertz CT molecular complexity index is 1290. The summed E-state index contributed by atoms with van der Waals surface area (Å²) >= 11 is 1.31. The van der Waals surface area contributed by atoms with Gasteiger partial charge in [0.05, 0.1) is 11.7 Å². The maximum atomic E-state index is 10.3. The van der Waals surface area contributed by atoms with Gasteiger partial charge in [0.1, 0.15) is 12.4 Å². The predicted molar refractivity (Wildman–Crippen MR) is 118 cm³/mol. The van der Waals surface area contributed by atoms with Crippen LogP contribution in [0.3, 0.4) is 0 Å². The number of rotatable bonds is 7. The fourth-order valence-electron chi connectivity index (χ4n) is 3.35. The summed E-state index contributed by atoms with van der Waals surface area (Å²) in [6.45, 7) is 0.185. The second-order valence-electron chi connectivity index (χ2n) is 6.87. The summed E-state index contributed by atoms with van der Waals surface area (Å²) in [5.41, 5.74) is 1.88. The van der Waals surface area contributed by atoms with Gasteiger partial charge in [-0.05, 0) is 17.5 Å². The van der Waals surface area contributed by atoms with Crippen LogP contribution in [0.15, 0.2) is 82.6 Å². The Hall–Kier alpha value is -3.29. The van der Waals surface area contributed by atoms with Crippen LogP contribution in [-0.2, 0) is 0 Å². The topological polar surface area (TPSA) is 84.2 Å². The van der Waals surface area contributed by atoms with Gasteiger partial charge >= 0.3 is 0 Å². The van der Waals surface area contributed by atoms with E-state index in [4.69, 9.17) is 9.15 Å². The summed E-state index contributed by atoms with van der Waals surface area (Å²) < 4.78 is 11.6. The van der Waals surface area contributed by atoms with Gasteiger partial charge in [0.25, 0.3) is 11.1 Å². The number of benzene rings is 3. The van der Waals surface area contributed by atoms with Gasteiger partial charge in [-0.3, -0.25) is 0 Å². The largest absolute Gasteiger partial charge is 0.490 e. The lowest BCUT2D eigenvalue weighted by Gasteiger charge is -2.13. The van der Waals surface area contributed by atoms with Crippen molar-refractivity contribution in [3.8, 4) is 17.2 Å². The van der Waals surface area contributed by atoms with E-state index in [-0.39, 0.29) is 6.61 Å². The molecule has 0 amide bonds. The lowest BCUT2D eigenvalue weighted by atomic mass is 10.1. The molecule has 2 N–H and O–H groups in total. The maximum Gasteiger partial charge on any atom is 0.276 e.